The first-order chi connectivity index (χ1) is 17.4. The van der Waals surface area contributed by atoms with E-state index in [0.29, 0.717) is 19.4 Å². The van der Waals surface area contributed by atoms with E-state index in [4.69, 9.17) is 9.47 Å². The van der Waals surface area contributed by atoms with Gasteiger partial charge in [0.05, 0.1) is 19.1 Å². The zero-order valence-electron chi connectivity index (χ0n) is 21.6. The first kappa shape index (κ1) is 27.4. The summed E-state index contributed by atoms with van der Waals surface area (Å²) in [6.07, 6.45) is 5.38. The van der Waals surface area contributed by atoms with Crippen LogP contribution in [0.5, 0.6) is 0 Å². The molecule has 1 heterocycles. The van der Waals surface area contributed by atoms with Gasteiger partial charge in [0.15, 0.2) is 0 Å². The molecule has 2 aromatic carbocycles. The van der Waals surface area contributed by atoms with Crippen molar-refractivity contribution in [3.8, 4) is 0 Å². The molecule has 0 radical (unpaired) electrons. The van der Waals surface area contributed by atoms with Crippen LogP contribution in [0.1, 0.15) is 63.5 Å². The summed E-state index contributed by atoms with van der Waals surface area (Å²) in [6, 6.07) is 19.8. The Morgan fingerprint density at radius 1 is 0.944 bits per heavy atom. The topological polar surface area (TPSA) is 72.9 Å². The number of rotatable bonds is 14. The average molecular weight is 494 g/mol. The molecule has 1 saturated heterocycles. The predicted octanol–water partition coefficient (Wildman–Crippen LogP) is 5.98. The Kier molecular flexibility index (Phi) is 11.0. The SMILES string of the molecule is CC(C)COC(=O)C[C@H](CCCCCCc1ccccc1)C(=O)N1C(=O)OC[C@H]1Cc1ccccc1. The van der Waals surface area contributed by atoms with Crippen LogP contribution in [0, 0.1) is 11.8 Å². The maximum absolute atomic E-state index is 13.6. The fraction of sp³-hybridized carbons (Fsp3) is 0.500. The average Bonchev–Trinajstić information content (AvgIpc) is 3.24. The van der Waals surface area contributed by atoms with Gasteiger partial charge in [0, 0.05) is 5.92 Å². The van der Waals surface area contributed by atoms with E-state index in [9.17, 15) is 14.4 Å². The number of unbranched alkanes of at least 4 members (excludes halogenated alkanes) is 3. The van der Waals surface area contributed by atoms with Gasteiger partial charge in [-0.15, -0.1) is 0 Å². The Bertz CT molecular complexity index is 960. The maximum atomic E-state index is 13.6. The lowest BCUT2D eigenvalue weighted by atomic mass is 9.94. The molecule has 0 aliphatic carbocycles. The third-order valence-electron chi connectivity index (χ3n) is 6.46. The van der Waals surface area contributed by atoms with E-state index in [1.807, 2.05) is 50.2 Å². The number of nitrogens with zero attached hydrogens (tertiary/aromatic N) is 1. The number of cyclic esters (lactones) is 1. The van der Waals surface area contributed by atoms with Crippen molar-refractivity contribution in [2.45, 2.75) is 71.3 Å². The van der Waals surface area contributed by atoms with Crippen molar-refractivity contribution < 1.29 is 23.9 Å². The van der Waals surface area contributed by atoms with Crippen LogP contribution < -0.4 is 0 Å². The van der Waals surface area contributed by atoms with Gasteiger partial charge in [-0.05, 0) is 42.7 Å². The van der Waals surface area contributed by atoms with E-state index in [0.717, 1.165) is 37.7 Å². The molecule has 2 aromatic rings. The molecule has 0 spiro atoms. The molecule has 1 fully saturated rings. The summed E-state index contributed by atoms with van der Waals surface area (Å²) in [5.41, 5.74) is 2.36. The van der Waals surface area contributed by atoms with E-state index < -0.39 is 18.0 Å². The lowest BCUT2D eigenvalue weighted by Gasteiger charge is -2.25. The van der Waals surface area contributed by atoms with Crippen LogP contribution >= 0.6 is 0 Å². The van der Waals surface area contributed by atoms with Crippen molar-refractivity contribution in [1.82, 2.24) is 4.90 Å². The van der Waals surface area contributed by atoms with Gasteiger partial charge < -0.3 is 9.47 Å². The van der Waals surface area contributed by atoms with Crippen LogP contribution in [-0.4, -0.2) is 42.1 Å². The van der Waals surface area contributed by atoms with Crippen LogP contribution in [0.2, 0.25) is 0 Å². The minimum absolute atomic E-state index is 0.0165. The standard InChI is InChI=1S/C30H39NO5/c1-23(2)21-35-28(32)20-26(18-12-4-3-7-13-24-14-8-5-9-15-24)29(33)31-27(22-36-30(31)34)19-25-16-10-6-11-17-25/h5-6,8-11,14-17,23,26-27H,3-4,7,12-13,18-22H2,1-2H3/t26-,27+/m0/s1. The molecular weight excluding hydrogens is 454 g/mol. The van der Waals surface area contributed by atoms with E-state index >= 15 is 0 Å². The first-order valence-corrected chi connectivity index (χ1v) is 13.2. The minimum Gasteiger partial charge on any atom is -0.465 e. The number of carbonyl (C=O) groups is 3. The lowest BCUT2D eigenvalue weighted by Crippen LogP contribution is -2.44. The smallest absolute Gasteiger partial charge is 0.416 e. The fourth-order valence-electron chi connectivity index (χ4n) is 4.51. The van der Waals surface area contributed by atoms with Crippen molar-refractivity contribution in [2.75, 3.05) is 13.2 Å². The number of hydrogen-bond acceptors (Lipinski definition) is 5. The number of esters is 1. The summed E-state index contributed by atoms with van der Waals surface area (Å²) in [7, 11) is 0. The molecular formula is C30H39NO5. The molecule has 3 rings (SSSR count). The van der Waals surface area contributed by atoms with Gasteiger partial charge in [-0.3, -0.25) is 9.59 Å². The first-order valence-electron chi connectivity index (χ1n) is 13.2. The number of ether oxygens (including phenoxy) is 2. The molecule has 2 amide bonds. The van der Waals surface area contributed by atoms with Gasteiger partial charge >= 0.3 is 12.1 Å². The summed E-state index contributed by atoms with van der Waals surface area (Å²) < 4.78 is 10.6. The van der Waals surface area contributed by atoms with Gasteiger partial charge in [-0.2, -0.15) is 0 Å². The second-order valence-corrected chi connectivity index (χ2v) is 10.0. The molecule has 6 heteroatoms. The molecule has 36 heavy (non-hydrogen) atoms. The summed E-state index contributed by atoms with van der Waals surface area (Å²) >= 11 is 0. The van der Waals surface area contributed by atoms with Crippen molar-refractivity contribution in [3.63, 3.8) is 0 Å². The van der Waals surface area contributed by atoms with E-state index in [1.54, 1.807) is 0 Å². The van der Waals surface area contributed by atoms with Crippen molar-refractivity contribution >= 4 is 18.0 Å². The Morgan fingerprint density at radius 2 is 1.58 bits per heavy atom. The number of carbonyl (C=O) groups excluding carboxylic acids is 3. The molecule has 0 unspecified atom stereocenters. The van der Waals surface area contributed by atoms with E-state index in [1.165, 1.54) is 10.5 Å². The highest BCUT2D eigenvalue weighted by Crippen LogP contribution is 2.25. The molecule has 0 N–H and O–H groups in total. The fourth-order valence-corrected chi connectivity index (χ4v) is 4.51. The monoisotopic (exact) mass is 493 g/mol. The number of imide groups is 1. The maximum Gasteiger partial charge on any atom is 0.416 e. The molecule has 0 aromatic heterocycles. The molecule has 1 aliphatic rings. The zero-order chi connectivity index (χ0) is 25.8. The molecule has 6 nitrogen and oxygen atoms in total. The number of amides is 2. The highest BCUT2D eigenvalue weighted by molar-refractivity contribution is 5.96. The normalized spacial score (nSPS) is 16.1. The predicted molar refractivity (Wildman–Crippen MR) is 139 cm³/mol. The van der Waals surface area contributed by atoms with E-state index in [-0.39, 0.29) is 30.9 Å². The van der Waals surface area contributed by atoms with Crippen LogP contribution in [0.25, 0.3) is 0 Å². The van der Waals surface area contributed by atoms with Gasteiger partial charge in [-0.1, -0.05) is 93.8 Å². The molecule has 2 atom stereocenters. The molecule has 1 aliphatic heterocycles. The second-order valence-electron chi connectivity index (χ2n) is 10.0. The van der Waals surface area contributed by atoms with Crippen molar-refractivity contribution in [3.05, 3.63) is 71.8 Å². The zero-order valence-corrected chi connectivity index (χ0v) is 21.6. The summed E-state index contributed by atoms with van der Waals surface area (Å²) in [5.74, 6) is -1.10. The lowest BCUT2D eigenvalue weighted by molar-refractivity contribution is -0.149. The third-order valence-corrected chi connectivity index (χ3v) is 6.46. The minimum atomic E-state index is -0.621. The summed E-state index contributed by atoms with van der Waals surface area (Å²) in [5, 5.41) is 0. The number of hydrogen-bond donors (Lipinski definition) is 0. The Labute approximate surface area is 215 Å². The second kappa shape index (κ2) is 14.4. The largest absolute Gasteiger partial charge is 0.465 e. The van der Waals surface area contributed by atoms with Gasteiger partial charge in [0.25, 0.3) is 0 Å². The third kappa shape index (κ3) is 8.81. The van der Waals surface area contributed by atoms with Gasteiger partial charge in [0.1, 0.15) is 6.61 Å². The number of aryl methyl sites for hydroxylation is 1. The number of benzene rings is 2. The van der Waals surface area contributed by atoms with Gasteiger partial charge in [-0.25, -0.2) is 9.69 Å². The molecule has 0 saturated carbocycles. The highest BCUT2D eigenvalue weighted by atomic mass is 16.6. The summed E-state index contributed by atoms with van der Waals surface area (Å²) in [6.45, 7) is 4.44. The Hall–Kier alpha value is -3.15. The van der Waals surface area contributed by atoms with Crippen molar-refractivity contribution in [2.24, 2.45) is 11.8 Å². The van der Waals surface area contributed by atoms with Crippen LogP contribution in [0.15, 0.2) is 60.7 Å². The van der Waals surface area contributed by atoms with Crippen LogP contribution in [-0.2, 0) is 31.9 Å². The molecule has 0 bridgehead atoms. The van der Waals surface area contributed by atoms with Gasteiger partial charge in [0.2, 0.25) is 5.91 Å². The van der Waals surface area contributed by atoms with E-state index in [2.05, 4.69) is 24.3 Å². The molecule has 194 valence electrons. The Morgan fingerprint density at radius 3 is 2.25 bits per heavy atom. The Balaban J connectivity index is 1.58. The van der Waals surface area contributed by atoms with Crippen molar-refractivity contribution in [1.29, 1.82) is 0 Å². The van der Waals surface area contributed by atoms with Crippen LogP contribution in [0.3, 0.4) is 0 Å². The van der Waals surface area contributed by atoms with Crippen LogP contribution in [0.4, 0.5) is 4.79 Å². The quantitative estimate of drug-likeness (QED) is 0.239. The highest BCUT2D eigenvalue weighted by Gasteiger charge is 2.41. The summed E-state index contributed by atoms with van der Waals surface area (Å²) in [4.78, 5) is 39.8.